The fourth-order valence-electron chi connectivity index (χ4n) is 1.15. The molecule has 0 atom stereocenters. The van der Waals surface area contributed by atoms with Crippen LogP contribution in [0.25, 0.3) is 0 Å². The maximum absolute atomic E-state index is 8.06. The number of aryl methyl sites for hydroxylation is 1. The van der Waals surface area contributed by atoms with Crippen molar-refractivity contribution in [3.8, 4) is 0 Å². The molecule has 19 nitrogen and oxygen atoms in total. The Morgan fingerprint density at radius 1 is 0.420 bits per heavy atom. The molecule has 0 aliphatic heterocycles. The number of carbonyl (C=O) groups excluding carboxylic acids is 8. The van der Waals surface area contributed by atoms with Crippen LogP contribution in [0.2, 0.25) is 0 Å². The van der Waals surface area contributed by atoms with E-state index in [1.54, 1.807) is 13.8 Å². The van der Waals surface area contributed by atoms with Crippen molar-refractivity contribution in [3.05, 3.63) is 35.9 Å². The number of aliphatic hydroxyl groups is 1. The van der Waals surface area contributed by atoms with Crippen molar-refractivity contribution in [2.75, 3.05) is 48.9 Å². The molecule has 1 aromatic carbocycles. The van der Waals surface area contributed by atoms with Gasteiger partial charge in [-0.2, -0.15) is 0 Å². The van der Waals surface area contributed by atoms with Gasteiger partial charge in [0.15, 0.2) is 0 Å². The lowest BCUT2D eigenvalue weighted by Gasteiger charge is -2.17. The van der Waals surface area contributed by atoms with Crippen LogP contribution in [0.5, 0.6) is 0 Å². The van der Waals surface area contributed by atoms with Gasteiger partial charge in [-0.05, 0) is 114 Å². The second kappa shape index (κ2) is 323. The molecular formula is C50H135N9O10. The third-order valence-corrected chi connectivity index (χ3v) is 4.28. The number of aliphatic hydroxyl groups excluding tert-OH is 1. The number of rotatable bonds is 5. The first kappa shape index (κ1) is 158. The highest BCUT2D eigenvalue weighted by atomic mass is 16.5. The molecule has 1 rings (SSSR count). The molecule has 22 N–H and O–H groups in total. The summed E-state index contributed by atoms with van der Waals surface area (Å²) in [4.78, 5) is 64.0. The van der Waals surface area contributed by atoms with Crippen molar-refractivity contribution in [2.24, 2.45) is 52.2 Å². The van der Waals surface area contributed by atoms with Crippen molar-refractivity contribution < 1.29 is 48.2 Å². The zero-order valence-electron chi connectivity index (χ0n) is 51.1. The Kier molecular flexibility index (Phi) is 741. The van der Waals surface area contributed by atoms with Crippen LogP contribution >= 0.6 is 0 Å². The Morgan fingerprint density at radius 3 is 0.594 bits per heavy atom. The summed E-state index contributed by atoms with van der Waals surface area (Å²) in [6.07, 6.45) is 4.89. The van der Waals surface area contributed by atoms with Crippen LogP contribution in [0, 0.1) is 17.8 Å². The van der Waals surface area contributed by atoms with Crippen LogP contribution in [-0.4, -0.2) is 120 Å². The summed E-state index contributed by atoms with van der Waals surface area (Å²) < 4.78 is 5.23. The second-order valence-corrected chi connectivity index (χ2v) is 10.9. The van der Waals surface area contributed by atoms with E-state index >= 15 is 0 Å². The predicted molar refractivity (Wildman–Crippen MR) is 315 cm³/mol. The summed E-state index contributed by atoms with van der Waals surface area (Å²) in [6.45, 7) is 58.5. The van der Waals surface area contributed by atoms with E-state index in [1.807, 2.05) is 95.0 Å². The van der Waals surface area contributed by atoms with E-state index in [2.05, 4.69) is 149 Å². The van der Waals surface area contributed by atoms with Gasteiger partial charge in [-0.3, -0.25) is 0 Å². The van der Waals surface area contributed by atoms with Crippen molar-refractivity contribution in [3.63, 3.8) is 0 Å². The monoisotopic (exact) mass is 1020 g/mol. The summed E-state index contributed by atoms with van der Waals surface area (Å²) in [6, 6.07) is 10.5. The topological polar surface area (TPSA) is 427 Å². The minimum Gasteiger partial charge on any atom is -0.394 e. The lowest BCUT2D eigenvalue weighted by Crippen LogP contribution is -2.18. The van der Waals surface area contributed by atoms with Crippen LogP contribution in [0.3, 0.4) is 0 Å². The quantitative estimate of drug-likeness (QED) is 0.131. The molecule has 440 valence electrons. The molecule has 0 spiro atoms. The third kappa shape index (κ3) is 951. The minimum atomic E-state index is -0.167. The van der Waals surface area contributed by atoms with Gasteiger partial charge in [0.25, 0.3) is 0 Å². The zero-order chi connectivity index (χ0) is 60.2. The van der Waals surface area contributed by atoms with Crippen molar-refractivity contribution in [1.82, 2.24) is 18.5 Å². The number of nitrogens with two attached hydrogens (primary N) is 6. The molecular weight excluding hydrogens is 887 g/mol. The largest absolute Gasteiger partial charge is 0.394 e. The summed E-state index contributed by atoms with van der Waals surface area (Å²) in [7, 11) is 9.00. The summed E-state index contributed by atoms with van der Waals surface area (Å²) in [5.74, 6) is 2.65. The number of ether oxygens (including phenoxy) is 1. The van der Waals surface area contributed by atoms with E-state index < -0.39 is 0 Å². The van der Waals surface area contributed by atoms with Gasteiger partial charge < -0.3 is 101 Å². The Morgan fingerprint density at radius 2 is 0.551 bits per heavy atom. The van der Waals surface area contributed by atoms with Crippen LogP contribution in [0.4, 0.5) is 0 Å². The average Bonchev–Trinajstić information content (AvgIpc) is 3.41. The van der Waals surface area contributed by atoms with E-state index in [9.17, 15) is 0 Å². The van der Waals surface area contributed by atoms with E-state index in [0.717, 1.165) is 30.8 Å². The third-order valence-electron chi connectivity index (χ3n) is 4.28. The first-order valence-corrected chi connectivity index (χ1v) is 21.7. The first-order chi connectivity index (χ1) is 31.5. The standard InChI is InChI=1S/C8H10.C6H14O.3C5H12.C3H8O.2C2H6.6CH5N.8CH2O.3H3N/c1-2-8-6-4-3-5-7-8;1-5-7-6(2,3)4;3*1-4-5(2)3;1-3(2)4;16*1-2;;;/h3-7H,2H2,1H3;5H2,1-4H3;3*5H,4H2,1-3H3;3-4H,1-2H3;2*1-2H3;6*2H2,1H3;8*1H2;3*1H3. The maximum Gasteiger partial charge on any atom is 0.106 e. The van der Waals surface area contributed by atoms with Gasteiger partial charge in [-0.1, -0.05) is 147 Å². The highest BCUT2D eigenvalue weighted by Crippen LogP contribution is 2.04. The molecule has 19 heteroatoms. The average molecular weight is 1020 g/mol. The van der Waals surface area contributed by atoms with E-state index in [-0.39, 0.29) is 30.2 Å². The smallest absolute Gasteiger partial charge is 0.106 e. The SMILES string of the molecule is C=O.C=O.C=O.C=O.C=O.C=O.C=O.C=O.CC.CC.CC(C)O.CCC(C)C.CCC(C)C.CCC(C)C.CCOC(C)(C)C.CCc1ccccc1.CN.CN.CN.CN.CN.CN.N.N.N. The fraction of sp³-hybridized carbons (Fsp3) is 0.720. The number of carbonyl (C=O) groups is 8. The van der Waals surface area contributed by atoms with Crippen molar-refractivity contribution >= 4 is 54.3 Å². The van der Waals surface area contributed by atoms with E-state index in [0.29, 0.717) is 0 Å². The fourth-order valence-corrected chi connectivity index (χ4v) is 1.15. The number of hydrogen-bond acceptors (Lipinski definition) is 19. The van der Waals surface area contributed by atoms with Crippen LogP contribution in [0.15, 0.2) is 30.3 Å². The molecule has 0 aliphatic carbocycles. The van der Waals surface area contributed by atoms with Gasteiger partial charge in [-0.25, -0.2) is 0 Å². The minimum absolute atomic E-state index is 0. The van der Waals surface area contributed by atoms with Gasteiger partial charge >= 0.3 is 0 Å². The molecule has 0 fully saturated rings. The Bertz CT molecular complexity index is 561. The van der Waals surface area contributed by atoms with E-state index in [4.69, 9.17) is 48.2 Å². The summed E-state index contributed by atoms with van der Waals surface area (Å²) >= 11 is 0. The van der Waals surface area contributed by atoms with Gasteiger partial charge in [0.1, 0.15) is 54.3 Å². The lowest BCUT2D eigenvalue weighted by molar-refractivity contribution is -0.0987. The van der Waals surface area contributed by atoms with Crippen molar-refractivity contribution in [2.45, 2.75) is 176 Å². The molecule has 69 heavy (non-hydrogen) atoms. The normalized spacial score (nSPS) is 6.04. The zero-order valence-corrected chi connectivity index (χ0v) is 51.1. The molecule has 0 radical (unpaired) electrons. The highest BCUT2D eigenvalue weighted by Gasteiger charge is 2.06. The summed E-state index contributed by atoms with van der Waals surface area (Å²) in [5.41, 5.74) is 28.5. The Balaban J connectivity index is -0.0000000143. The molecule has 0 saturated heterocycles. The van der Waals surface area contributed by atoms with Crippen LogP contribution < -0.4 is 52.9 Å². The molecule has 1 aromatic rings. The number of benzene rings is 1. The Hall–Kier alpha value is -3.86. The molecule has 0 bridgehead atoms. The molecule has 0 amide bonds. The Labute approximate surface area is 432 Å². The second-order valence-electron chi connectivity index (χ2n) is 10.9. The number of hydrogen-bond donors (Lipinski definition) is 10. The molecule has 0 aliphatic rings. The van der Waals surface area contributed by atoms with Crippen LogP contribution in [0.1, 0.15) is 163 Å². The maximum atomic E-state index is 8.06. The molecule has 0 heterocycles. The summed E-state index contributed by atoms with van der Waals surface area (Å²) in [5, 5.41) is 8.06. The van der Waals surface area contributed by atoms with Gasteiger partial charge in [0, 0.05) is 12.7 Å². The first-order valence-electron chi connectivity index (χ1n) is 21.7. The van der Waals surface area contributed by atoms with Crippen molar-refractivity contribution in [1.29, 1.82) is 0 Å². The van der Waals surface area contributed by atoms with Crippen LogP contribution in [-0.2, 0) is 49.5 Å². The van der Waals surface area contributed by atoms with Gasteiger partial charge in [0.05, 0.1) is 5.60 Å². The van der Waals surface area contributed by atoms with E-state index in [1.165, 1.54) is 67.1 Å². The van der Waals surface area contributed by atoms with Gasteiger partial charge in [0.2, 0.25) is 0 Å². The van der Waals surface area contributed by atoms with Gasteiger partial charge in [-0.15, -0.1) is 0 Å². The predicted octanol–water partition coefficient (Wildman–Crippen LogP) is 9.12. The molecule has 0 aromatic heterocycles. The lowest BCUT2D eigenvalue weighted by atomic mass is 10.2. The highest BCUT2D eigenvalue weighted by molar-refractivity contribution is 5.14. The molecule has 0 unspecified atom stereocenters. The molecule has 0 saturated carbocycles.